The number of hydrogen-bond acceptors (Lipinski definition) is 4. The second-order valence-corrected chi connectivity index (χ2v) is 8.42. The van der Waals surface area contributed by atoms with Crippen LogP contribution in [0.3, 0.4) is 0 Å². The molecule has 0 amide bonds. The van der Waals surface area contributed by atoms with Crippen LogP contribution in [0.5, 0.6) is 5.75 Å². The van der Waals surface area contributed by atoms with Crippen LogP contribution in [0.1, 0.15) is 51.4 Å². The summed E-state index contributed by atoms with van der Waals surface area (Å²) >= 11 is 0. The van der Waals surface area contributed by atoms with Crippen LogP contribution in [0.2, 0.25) is 0 Å². The van der Waals surface area contributed by atoms with Gasteiger partial charge in [0.1, 0.15) is 11.4 Å². The first-order valence-corrected chi connectivity index (χ1v) is 10.3. The van der Waals surface area contributed by atoms with E-state index in [1.54, 1.807) is 0 Å². The molecule has 2 rings (SSSR count). The normalized spacial score (nSPS) is 12.6. The Morgan fingerprint density at radius 1 is 1.07 bits per heavy atom. The third kappa shape index (κ3) is 6.19. The Bertz CT molecular complexity index is 823. The van der Waals surface area contributed by atoms with Gasteiger partial charge >= 0.3 is 6.18 Å². The molecule has 1 aromatic heterocycles. The fourth-order valence-electron chi connectivity index (χ4n) is 3.20. The van der Waals surface area contributed by atoms with Crippen LogP contribution in [0.25, 0.3) is 11.1 Å². The van der Waals surface area contributed by atoms with Crippen molar-refractivity contribution < 1.29 is 18.3 Å². The molecule has 0 saturated heterocycles. The lowest BCUT2D eigenvalue weighted by Crippen LogP contribution is -2.31. The van der Waals surface area contributed by atoms with Crippen molar-refractivity contribution in [3.05, 3.63) is 47.3 Å². The number of hydrogen-bond donors (Lipinski definition) is 2. The third-order valence-electron chi connectivity index (χ3n) is 5.23. The van der Waals surface area contributed by atoms with E-state index in [0.717, 1.165) is 43.4 Å². The molecule has 0 radical (unpaired) electrons. The summed E-state index contributed by atoms with van der Waals surface area (Å²) in [5, 5.41) is 14.2. The van der Waals surface area contributed by atoms with Gasteiger partial charge in [-0.1, -0.05) is 46.8 Å². The first-order valence-electron chi connectivity index (χ1n) is 10.3. The lowest BCUT2D eigenvalue weighted by atomic mass is 9.84. The summed E-state index contributed by atoms with van der Waals surface area (Å²) in [6.45, 7) is 14.5. The molecule has 30 heavy (non-hydrogen) atoms. The molecule has 2 N–H and O–H groups in total. The number of aromatic nitrogens is 1. The number of halogens is 3. The molecule has 0 saturated carbocycles. The average Bonchev–Trinajstić information content (AvgIpc) is 2.68. The highest BCUT2D eigenvalue weighted by Gasteiger charge is 2.32. The van der Waals surface area contributed by atoms with Gasteiger partial charge in [-0.05, 0) is 36.2 Å². The molecule has 0 aliphatic heterocycles. The molecule has 0 spiro atoms. The number of likely N-dealkylation sites (N-methyl/N-ethyl adjacent to an activating group) is 1. The Balaban J connectivity index is 2.33. The van der Waals surface area contributed by atoms with Crippen LogP contribution in [0.15, 0.2) is 30.5 Å². The van der Waals surface area contributed by atoms with Gasteiger partial charge in [-0.2, -0.15) is 13.2 Å². The quantitative estimate of drug-likeness (QED) is 0.573. The number of rotatable bonds is 8. The largest absolute Gasteiger partial charge is 0.507 e. The van der Waals surface area contributed by atoms with Crippen LogP contribution < -0.4 is 5.32 Å². The third-order valence-corrected chi connectivity index (χ3v) is 5.23. The van der Waals surface area contributed by atoms with Gasteiger partial charge in [0.2, 0.25) is 0 Å². The highest BCUT2D eigenvalue weighted by atomic mass is 19.4. The highest BCUT2D eigenvalue weighted by Crippen LogP contribution is 2.38. The summed E-state index contributed by atoms with van der Waals surface area (Å²) in [4.78, 5) is 5.85. The van der Waals surface area contributed by atoms with Gasteiger partial charge in [0.25, 0.3) is 0 Å². The predicted molar refractivity (Wildman–Crippen MR) is 115 cm³/mol. The zero-order valence-corrected chi connectivity index (χ0v) is 18.4. The topological polar surface area (TPSA) is 48.4 Å². The van der Waals surface area contributed by atoms with Crippen molar-refractivity contribution in [3.63, 3.8) is 0 Å². The first kappa shape index (κ1) is 24.2. The number of phenolic OH excluding ortho intramolecular Hbond substituents is 1. The van der Waals surface area contributed by atoms with Gasteiger partial charge in [0, 0.05) is 42.5 Å². The number of pyridine rings is 1. The van der Waals surface area contributed by atoms with Crippen LogP contribution in [0, 0.1) is 0 Å². The second kappa shape index (κ2) is 9.79. The summed E-state index contributed by atoms with van der Waals surface area (Å²) in [5.41, 5.74) is 1.53. The molecule has 0 unspecified atom stereocenters. The Morgan fingerprint density at radius 2 is 1.73 bits per heavy atom. The predicted octanol–water partition coefficient (Wildman–Crippen LogP) is 5.20. The minimum absolute atomic E-state index is 0.0693. The van der Waals surface area contributed by atoms with E-state index in [2.05, 4.69) is 49.8 Å². The van der Waals surface area contributed by atoms with Gasteiger partial charge in [-0.3, -0.25) is 4.98 Å². The van der Waals surface area contributed by atoms with E-state index in [4.69, 9.17) is 0 Å². The molecule has 7 heteroatoms. The molecule has 0 atom stereocenters. The van der Waals surface area contributed by atoms with Crippen molar-refractivity contribution in [2.75, 3.05) is 26.2 Å². The van der Waals surface area contributed by atoms with E-state index in [-0.39, 0.29) is 11.2 Å². The molecule has 166 valence electrons. The summed E-state index contributed by atoms with van der Waals surface area (Å²) in [6.07, 6.45) is -3.32. The van der Waals surface area contributed by atoms with Crippen LogP contribution in [-0.2, 0) is 18.1 Å². The van der Waals surface area contributed by atoms with Crippen LogP contribution in [0.4, 0.5) is 13.2 Å². The Labute approximate surface area is 177 Å². The summed E-state index contributed by atoms with van der Waals surface area (Å²) < 4.78 is 38.5. The van der Waals surface area contributed by atoms with Crippen molar-refractivity contribution in [2.45, 2.75) is 52.8 Å². The van der Waals surface area contributed by atoms with E-state index in [0.29, 0.717) is 17.7 Å². The standard InChI is InChI=1S/C23H32F3N3O/c1-6-29(7-2)11-10-27-14-17-12-18(22(3,4)5)13-19(21(17)30)16-8-9-20(28-15-16)23(24,25)26/h8-9,12-13,15,27,30H,6-7,10-11,14H2,1-5H3. The molecule has 0 fully saturated rings. The van der Waals surface area contributed by atoms with Crippen molar-refractivity contribution in [2.24, 2.45) is 0 Å². The fourth-order valence-corrected chi connectivity index (χ4v) is 3.20. The van der Waals surface area contributed by atoms with Gasteiger partial charge in [-0.25, -0.2) is 0 Å². The molecule has 1 aromatic carbocycles. The molecule has 1 heterocycles. The van der Waals surface area contributed by atoms with E-state index < -0.39 is 11.9 Å². The van der Waals surface area contributed by atoms with E-state index in [1.807, 2.05) is 12.1 Å². The SMILES string of the molecule is CCN(CC)CCNCc1cc(C(C)(C)C)cc(-c2ccc(C(F)(F)F)nc2)c1O. The minimum atomic E-state index is -4.49. The molecule has 2 aromatic rings. The maximum atomic E-state index is 12.8. The second-order valence-electron chi connectivity index (χ2n) is 8.42. The number of benzene rings is 1. The van der Waals surface area contributed by atoms with Gasteiger partial charge < -0.3 is 15.3 Å². The molecular formula is C23H32F3N3O. The summed E-state index contributed by atoms with van der Waals surface area (Å²) in [7, 11) is 0. The van der Waals surface area contributed by atoms with Crippen LogP contribution in [-0.4, -0.2) is 41.2 Å². The zero-order chi connectivity index (χ0) is 22.5. The number of nitrogens with one attached hydrogen (secondary N) is 1. The van der Waals surface area contributed by atoms with E-state index in [9.17, 15) is 18.3 Å². The maximum absolute atomic E-state index is 12.8. The number of phenols is 1. The maximum Gasteiger partial charge on any atom is 0.433 e. The van der Waals surface area contributed by atoms with E-state index >= 15 is 0 Å². The Hall–Kier alpha value is -2.12. The van der Waals surface area contributed by atoms with Crippen molar-refractivity contribution in [1.82, 2.24) is 15.2 Å². The fraction of sp³-hybridized carbons (Fsp3) is 0.522. The van der Waals surface area contributed by atoms with Crippen molar-refractivity contribution in [3.8, 4) is 16.9 Å². The smallest absolute Gasteiger partial charge is 0.433 e. The van der Waals surface area contributed by atoms with E-state index in [1.165, 1.54) is 12.3 Å². The molecular weight excluding hydrogens is 391 g/mol. The summed E-state index contributed by atoms with van der Waals surface area (Å²) in [5.74, 6) is 0.0693. The monoisotopic (exact) mass is 423 g/mol. The average molecular weight is 424 g/mol. The van der Waals surface area contributed by atoms with Gasteiger partial charge in [-0.15, -0.1) is 0 Å². The van der Waals surface area contributed by atoms with Crippen molar-refractivity contribution in [1.29, 1.82) is 0 Å². The minimum Gasteiger partial charge on any atom is -0.507 e. The van der Waals surface area contributed by atoms with Gasteiger partial charge in [0.05, 0.1) is 0 Å². The lowest BCUT2D eigenvalue weighted by Gasteiger charge is -2.23. The zero-order valence-electron chi connectivity index (χ0n) is 18.4. The molecule has 0 aliphatic rings. The first-order chi connectivity index (χ1) is 14.0. The lowest BCUT2D eigenvalue weighted by molar-refractivity contribution is -0.141. The number of aromatic hydroxyl groups is 1. The number of nitrogens with zero attached hydrogens (tertiary/aromatic N) is 2. The van der Waals surface area contributed by atoms with Gasteiger partial charge in [0.15, 0.2) is 0 Å². The summed E-state index contributed by atoms with van der Waals surface area (Å²) in [6, 6.07) is 6.09. The Morgan fingerprint density at radius 3 is 2.23 bits per heavy atom. The molecule has 4 nitrogen and oxygen atoms in total. The molecule has 0 bridgehead atoms. The Kier molecular flexibility index (Phi) is 7.88. The number of alkyl halides is 3. The van der Waals surface area contributed by atoms with Crippen molar-refractivity contribution >= 4 is 0 Å². The van der Waals surface area contributed by atoms with Crippen LogP contribution >= 0.6 is 0 Å². The highest BCUT2D eigenvalue weighted by molar-refractivity contribution is 5.72. The molecule has 0 aliphatic carbocycles.